The van der Waals surface area contributed by atoms with Crippen LogP contribution in [0.4, 0.5) is 0 Å². The molecule has 0 spiro atoms. The van der Waals surface area contributed by atoms with Gasteiger partial charge in [-0.2, -0.15) is 0 Å². The topological polar surface area (TPSA) is 72.0 Å². The molecule has 0 saturated heterocycles. The molecular weight excluding hydrogens is 202 g/mol. The highest BCUT2D eigenvalue weighted by atomic mass is 35.5. The SMILES string of the molecule is CC(C)Oc1ccnc(C(=N)N)c1.Cl. The fourth-order valence-corrected chi connectivity index (χ4v) is 0.904. The summed E-state index contributed by atoms with van der Waals surface area (Å²) in [6, 6.07) is 3.40. The summed E-state index contributed by atoms with van der Waals surface area (Å²) in [6.45, 7) is 3.88. The van der Waals surface area contributed by atoms with E-state index in [1.54, 1.807) is 18.3 Å². The van der Waals surface area contributed by atoms with E-state index in [-0.39, 0.29) is 24.3 Å². The van der Waals surface area contributed by atoms with Crippen molar-refractivity contribution in [3.05, 3.63) is 24.0 Å². The molecule has 0 aromatic carbocycles. The van der Waals surface area contributed by atoms with Gasteiger partial charge in [-0.3, -0.25) is 10.4 Å². The van der Waals surface area contributed by atoms with Crippen molar-refractivity contribution < 1.29 is 4.74 Å². The molecule has 0 unspecified atom stereocenters. The van der Waals surface area contributed by atoms with Crippen LogP contribution in [-0.2, 0) is 0 Å². The molecule has 3 N–H and O–H groups in total. The molecule has 0 fully saturated rings. The summed E-state index contributed by atoms with van der Waals surface area (Å²) in [7, 11) is 0. The van der Waals surface area contributed by atoms with Crippen LogP contribution in [0.25, 0.3) is 0 Å². The Balaban J connectivity index is 0.00000169. The molecule has 0 atom stereocenters. The summed E-state index contributed by atoms with van der Waals surface area (Å²) < 4.78 is 5.41. The average Bonchev–Trinajstić information content (AvgIpc) is 2.03. The number of rotatable bonds is 3. The molecular formula is C9H14ClN3O. The molecule has 0 radical (unpaired) electrons. The maximum Gasteiger partial charge on any atom is 0.141 e. The lowest BCUT2D eigenvalue weighted by Crippen LogP contribution is -2.13. The molecule has 78 valence electrons. The van der Waals surface area contributed by atoms with Crippen LogP contribution in [0.15, 0.2) is 18.3 Å². The normalized spacial score (nSPS) is 9.36. The Labute approximate surface area is 89.4 Å². The smallest absolute Gasteiger partial charge is 0.141 e. The quantitative estimate of drug-likeness (QED) is 0.594. The third-order valence-electron chi connectivity index (χ3n) is 1.38. The summed E-state index contributed by atoms with van der Waals surface area (Å²) in [4.78, 5) is 3.92. The average molecular weight is 216 g/mol. The molecule has 14 heavy (non-hydrogen) atoms. The van der Waals surface area contributed by atoms with Crippen molar-refractivity contribution in [1.82, 2.24) is 4.98 Å². The second-order valence-electron chi connectivity index (χ2n) is 2.96. The second kappa shape index (κ2) is 5.44. The van der Waals surface area contributed by atoms with Gasteiger partial charge in [-0.15, -0.1) is 12.4 Å². The van der Waals surface area contributed by atoms with Crippen molar-refractivity contribution in [3.8, 4) is 5.75 Å². The first-order chi connectivity index (χ1) is 6.09. The number of nitrogen functional groups attached to an aromatic ring is 1. The minimum Gasteiger partial charge on any atom is -0.491 e. The lowest BCUT2D eigenvalue weighted by Gasteiger charge is -2.09. The Bertz CT molecular complexity index is 315. The van der Waals surface area contributed by atoms with Gasteiger partial charge in [0.15, 0.2) is 0 Å². The number of aromatic nitrogens is 1. The van der Waals surface area contributed by atoms with Gasteiger partial charge in [-0.25, -0.2) is 0 Å². The van der Waals surface area contributed by atoms with Gasteiger partial charge in [0.05, 0.1) is 6.10 Å². The number of hydrogen-bond acceptors (Lipinski definition) is 3. The van der Waals surface area contributed by atoms with E-state index in [1.165, 1.54) is 0 Å². The van der Waals surface area contributed by atoms with Crippen molar-refractivity contribution in [2.24, 2.45) is 5.73 Å². The molecule has 0 aliphatic carbocycles. The predicted octanol–water partition coefficient (Wildman–Crippen LogP) is 1.57. The fourth-order valence-electron chi connectivity index (χ4n) is 0.904. The zero-order chi connectivity index (χ0) is 9.84. The van der Waals surface area contributed by atoms with Crippen molar-refractivity contribution in [2.75, 3.05) is 0 Å². The lowest BCUT2D eigenvalue weighted by molar-refractivity contribution is 0.242. The van der Waals surface area contributed by atoms with Crippen LogP contribution in [0.1, 0.15) is 19.5 Å². The summed E-state index contributed by atoms with van der Waals surface area (Å²) in [5, 5.41) is 7.17. The van der Waals surface area contributed by atoms with Gasteiger partial charge in [-0.05, 0) is 19.9 Å². The monoisotopic (exact) mass is 215 g/mol. The lowest BCUT2D eigenvalue weighted by atomic mass is 10.3. The first-order valence-electron chi connectivity index (χ1n) is 4.06. The van der Waals surface area contributed by atoms with Gasteiger partial charge in [-0.1, -0.05) is 0 Å². The minimum atomic E-state index is -0.0470. The molecule has 1 rings (SSSR count). The fraction of sp³-hybridized carbons (Fsp3) is 0.333. The van der Waals surface area contributed by atoms with Crippen LogP contribution in [0, 0.1) is 5.41 Å². The summed E-state index contributed by atoms with van der Waals surface area (Å²) in [5.41, 5.74) is 5.72. The molecule has 0 aliphatic heterocycles. The first-order valence-corrected chi connectivity index (χ1v) is 4.06. The molecule has 1 aromatic heterocycles. The Kier molecular flexibility index (Phi) is 4.94. The van der Waals surface area contributed by atoms with E-state index in [1.807, 2.05) is 13.8 Å². The van der Waals surface area contributed by atoms with Gasteiger partial charge >= 0.3 is 0 Å². The third-order valence-corrected chi connectivity index (χ3v) is 1.38. The molecule has 0 bridgehead atoms. The Hall–Kier alpha value is -1.29. The van der Waals surface area contributed by atoms with Crippen LogP contribution in [0.3, 0.4) is 0 Å². The number of nitrogens with two attached hydrogens (primary N) is 1. The summed E-state index contributed by atoms with van der Waals surface area (Å²) >= 11 is 0. The molecule has 5 heteroatoms. The van der Waals surface area contributed by atoms with Crippen molar-refractivity contribution >= 4 is 18.2 Å². The number of nitrogens with one attached hydrogen (secondary N) is 1. The first kappa shape index (κ1) is 12.7. The minimum absolute atomic E-state index is 0. The van der Waals surface area contributed by atoms with E-state index in [9.17, 15) is 0 Å². The highest BCUT2D eigenvalue weighted by molar-refractivity contribution is 5.93. The van der Waals surface area contributed by atoms with Gasteiger partial charge in [0, 0.05) is 12.3 Å². The summed E-state index contributed by atoms with van der Waals surface area (Å²) in [5.74, 6) is 0.643. The standard InChI is InChI=1S/C9H13N3O.ClH/c1-6(2)13-7-3-4-12-8(5-7)9(10)11;/h3-6H,1-2H3,(H3,10,11);1H. The number of hydrogen-bond donors (Lipinski definition) is 2. The zero-order valence-corrected chi connectivity index (χ0v) is 8.97. The highest BCUT2D eigenvalue weighted by Gasteiger charge is 2.01. The van der Waals surface area contributed by atoms with E-state index < -0.39 is 0 Å². The largest absolute Gasteiger partial charge is 0.491 e. The Morgan fingerprint density at radius 2 is 2.21 bits per heavy atom. The molecule has 0 amide bonds. The van der Waals surface area contributed by atoms with Crippen LogP contribution in [-0.4, -0.2) is 16.9 Å². The van der Waals surface area contributed by atoms with E-state index in [2.05, 4.69) is 4.98 Å². The van der Waals surface area contributed by atoms with Crippen molar-refractivity contribution in [3.63, 3.8) is 0 Å². The maximum absolute atomic E-state index is 7.17. The predicted molar refractivity (Wildman–Crippen MR) is 58.3 cm³/mol. The Morgan fingerprint density at radius 1 is 1.57 bits per heavy atom. The van der Waals surface area contributed by atoms with E-state index in [0.717, 1.165) is 0 Å². The van der Waals surface area contributed by atoms with Gasteiger partial charge < -0.3 is 10.5 Å². The molecule has 0 aliphatic rings. The number of ether oxygens (including phenoxy) is 1. The molecule has 0 saturated carbocycles. The van der Waals surface area contributed by atoms with Crippen molar-refractivity contribution in [2.45, 2.75) is 20.0 Å². The van der Waals surface area contributed by atoms with Crippen LogP contribution >= 0.6 is 12.4 Å². The maximum atomic E-state index is 7.17. The molecule has 4 nitrogen and oxygen atoms in total. The third kappa shape index (κ3) is 3.62. The number of halogens is 1. The highest BCUT2D eigenvalue weighted by Crippen LogP contribution is 2.12. The van der Waals surface area contributed by atoms with E-state index in [4.69, 9.17) is 15.9 Å². The molecule has 1 aromatic rings. The van der Waals surface area contributed by atoms with E-state index in [0.29, 0.717) is 11.4 Å². The van der Waals surface area contributed by atoms with Gasteiger partial charge in [0.1, 0.15) is 17.3 Å². The van der Waals surface area contributed by atoms with Gasteiger partial charge in [0.2, 0.25) is 0 Å². The number of nitrogens with zero attached hydrogens (tertiary/aromatic N) is 1. The van der Waals surface area contributed by atoms with Crippen LogP contribution < -0.4 is 10.5 Å². The van der Waals surface area contributed by atoms with Crippen molar-refractivity contribution in [1.29, 1.82) is 5.41 Å². The number of pyridine rings is 1. The zero-order valence-electron chi connectivity index (χ0n) is 8.15. The van der Waals surface area contributed by atoms with Crippen LogP contribution in [0.5, 0.6) is 5.75 Å². The summed E-state index contributed by atoms with van der Waals surface area (Å²) in [6.07, 6.45) is 1.69. The van der Waals surface area contributed by atoms with Crippen LogP contribution in [0.2, 0.25) is 0 Å². The van der Waals surface area contributed by atoms with E-state index >= 15 is 0 Å². The van der Waals surface area contributed by atoms with Gasteiger partial charge in [0.25, 0.3) is 0 Å². The number of amidine groups is 1. The Morgan fingerprint density at radius 3 is 2.71 bits per heavy atom. The second-order valence-corrected chi connectivity index (χ2v) is 2.96. The molecule has 1 heterocycles.